The Morgan fingerprint density at radius 3 is 2.52 bits per heavy atom. The minimum Gasteiger partial charge on any atom is -0.388 e. The molecule has 0 unspecified atom stereocenters. The summed E-state index contributed by atoms with van der Waals surface area (Å²) in [4.78, 5) is 10.5. The molecule has 0 saturated carbocycles. The number of aromatic nitrogens is 2. The number of hydrogen-bond acceptors (Lipinski definition) is 4. The molecule has 4 nitrogen and oxygen atoms in total. The summed E-state index contributed by atoms with van der Waals surface area (Å²) in [5.74, 6) is 1.10. The minimum absolute atomic E-state index is 0.288. The van der Waals surface area contributed by atoms with Gasteiger partial charge < -0.3 is 10.0 Å². The smallest absolute Gasteiger partial charge is 0.149 e. The lowest BCUT2D eigenvalue weighted by Crippen LogP contribution is -2.36. The van der Waals surface area contributed by atoms with Crippen molar-refractivity contribution in [2.45, 2.75) is 18.9 Å². The quantitative estimate of drug-likeness (QED) is 0.946. The summed E-state index contributed by atoms with van der Waals surface area (Å²) in [6, 6.07) is 9.88. The Hall–Kier alpha value is -1.65. The van der Waals surface area contributed by atoms with Crippen LogP contribution in [0.4, 0.5) is 5.82 Å². The fourth-order valence-corrected chi connectivity index (χ4v) is 2.99. The second-order valence-electron chi connectivity index (χ2n) is 5.38. The third-order valence-corrected chi connectivity index (χ3v) is 4.23. The topological polar surface area (TPSA) is 49.2 Å². The Morgan fingerprint density at radius 1 is 1.14 bits per heavy atom. The number of aliphatic hydroxyl groups excluding tert-OH is 1. The van der Waals surface area contributed by atoms with E-state index >= 15 is 0 Å². The number of benzene rings is 1. The van der Waals surface area contributed by atoms with Crippen LogP contribution >= 0.6 is 11.6 Å². The summed E-state index contributed by atoms with van der Waals surface area (Å²) in [6.45, 7) is 1.73. The molecule has 5 heteroatoms. The van der Waals surface area contributed by atoms with Gasteiger partial charge in [0.05, 0.1) is 18.5 Å². The van der Waals surface area contributed by atoms with Gasteiger partial charge in [-0.3, -0.25) is 4.98 Å². The lowest BCUT2D eigenvalue weighted by molar-refractivity contribution is 0.0929. The van der Waals surface area contributed by atoms with E-state index in [0.717, 1.165) is 37.3 Å². The molecule has 0 spiro atoms. The molecule has 1 aromatic heterocycles. The highest BCUT2D eigenvalue weighted by molar-refractivity contribution is 6.29. The third kappa shape index (κ3) is 3.34. The van der Waals surface area contributed by atoms with Gasteiger partial charge in [0.1, 0.15) is 11.0 Å². The normalized spacial score (nSPS) is 17.7. The first-order valence-corrected chi connectivity index (χ1v) is 7.57. The molecule has 21 heavy (non-hydrogen) atoms. The second-order valence-corrected chi connectivity index (χ2v) is 5.77. The summed E-state index contributed by atoms with van der Waals surface area (Å²) >= 11 is 5.88. The highest BCUT2D eigenvalue weighted by Gasteiger charge is 2.26. The zero-order valence-corrected chi connectivity index (χ0v) is 12.4. The first-order valence-electron chi connectivity index (χ1n) is 7.19. The summed E-state index contributed by atoms with van der Waals surface area (Å²) < 4.78 is 0. The van der Waals surface area contributed by atoms with E-state index in [1.807, 2.05) is 30.3 Å². The fourth-order valence-electron chi connectivity index (χ4n) is 2.85. The highest BCUT2D eigenvalue weighted by atomic mass is 35.5. The molecule has 2 aromatic rings. The minimum atomic E-state index is -0.390. The number of aliphatic hydroxyl groups is 1. The molecule has 1 aliphatic rings. The second kappa shape index (κ2) is 6.41. The Morgan fingerprint density at radius 2 is 1.86 bits per heavy atom. The summed E-state index contributed by atoms with van der Waals surface area (Å²) in [5.41, 5.74) is 0.999. The molecule has 0 aliphatic carbocycles. The van der Waals surface area contributed by atoms with Crippen LogP contribution < -0.4 is 4.90 Å². The van der Waals surface area contributed by atoms with Crippen LogP contribution in [0.3, 0.4) is 0 Å². The van der Waals surface area contributed by atoms with Crippen LogP contribution in [0.25, 0.3) is 0 Å². The van der Waals surface area contributed by atoms with Gasteiger partial charge in [-0.1, -0.05) is 41.9 Å². The molecule has 3 rings (SSSR count). The summed E-state index contributed by atoms with van der Waals surface area (Å²) in [5, 5.41) is 10.9. The van der Waals surface area contributed by atoms with Gasteiger partial charge in [0.2, 0.25) is 0 Å². The van der Waals surface area contributed by atoms with Gasteiger partial charge >= 0.3 is 0 Å². The van der Waals surface area contributed by atoms with Gasteiger partial charge in [-0.15, -0.1) is 0 Å². The van der Waals surface area contributed by atoms with Crippen molar-refractivity contribution in [1.29, 1.82) is 0 Å². The molecule has 2 heterocycles. The molecule has 1 saturated heterocycles. The molecule has 0 bridgehead atoms. The van der Waals surface area contributed by atoms with Gasteiger partial charge in [-0.05, 0) is 24.3 Å². The molecule has 1 N–H and O–H groups in total. The lowest BCUT2D eigenvalue weighted by atomic mass is 9.87. The number of halogens is 1. The molecule has 1 fully saturated rings. The fraction of sp³-hybridized carbons (Fsp3) is 0.375. The average Bonchev–Trinajstić information content (AvgIpc) is 2.55. The zero-order valence-electron chi connectivity index (χ0n) is 11.7. The van der Waals surface area contributed by atoms with Crippen LogP contribution in [0.5, 0.6) is 0 Å². The molecule has 1 atom stereocenters. The van der Waals surface area contributed by atoms with E-state index in [-0.39, 0.29) is 5.92 Å². The number of rotatable bonds is 3. The largest absolute Gasteiger partial charge is 0.388 e. The van der Waals surface area contributed by atoms with Gasteiger partial charge in [0.25, 0.3) is 0 Å². The monoisotopic (exact) mass is 303 g/mol. The number of hydrogen-bond donors (Lipinski definition) is 1. The maximum Gasteiger partial charge on any atom is 0.149 e. The maximum atomic E-state index is 10.5. The standard InChI is InChI=1S/C16H18ClN3O/c17-14-10-18-11-15(19-14)20-8-6-13(7-9-20)16(21)12-4-2-1-3-5-12/h1-5,10-11,13,16,21H,6-9H2/t16-/m0/s1. The van der Waals surface area contributed by atoms with Gasteiger partial charge in [0, 0.05) is 13.1 Å². The summed E-state index contributed by atoms with van der Waals surface area (Å²) in [7, 11) is 0. The van der Waals surface area contributed by atoms with E-state index in [1.165, 1.54) is 6.20 Å². The average molecular weight is 304 g/mol. The van der Waals surface area contributed by atoms with Crippen molar-refractivity contribution in [3.63, 3.8) is 0 Å². The SMILES string of the molecule is O[C@@H](c1ccccc1)C1CCN(c2cncc(Cl)n2)CC1. The van der Waals surface area contributed by atoms with E-state index < -0.39 is 6.10 Å². The van der Waals surface area contributed by atoms with Crippen molar-refractivity contribution >= 4 is 17.4 Å². The Labute approximate surface area is 129 Å². The number of anilines is 1. The van der Waals surface area contributed by atoms with E-state index in [2.05, 4.69) is 14.9 Å². The van der Waals surface area contributed by atoms with Crippen LogP contribution in [-0.4, -0.2) is 28.2 Å². The van der Waals surface area contributed by atoms with E-state index in [4.69, 9.17) is 11.6 Å². The van der Waals surface area contributed by atoms with E-state index in [9.17, 15) is 5.11 Å². The molecule has 1 aliphatic heterocycles. The predicted octanol–water partition coefficient (Wildman–Crippen LogP) is 3.08. The first kappa shape index (κ1) is 14.3. The molecular weight excluding hydrogens is 286 g/mol. The number of piperidine rings is 1. The Kier molecular flexibility index (Phi) is 4.36. The van der Waals surface area contributed by atoms with Crippen molar-refractivity contribution < 1.29 is 5.11 Å². The van der Waals surface area contributed by atoms with Crippen LogP contribution in [0, 0.1) is 5.92 Å². The predicted molar refractivity (Wildman–Crippen MR) is 83.4 cm³/mol. The Balaban J connectivity index is 1.63. The first-order chi connectivity index (χ1) is 10.2. The highest BCUT2D eigenvalue weighted by Crippen LogP contribution is 2.31. The number of nitrogens with zero attached hydrogens (tertiary/aromatic N) is 3. The van der Waals surface area contributed by atoms with Crippen LogP contribution in [0.1, 0.15) is 24.5 Å². The van der Waals surface area contributed by atoms with Crippen molar-refractivity contribution in [1.82, 2.24) is 9.97 Å². The van der Waals surface area contributed by atoms with Gasteiger partial charge in [0.15, 0.2) is 0 Å². The maximum absolute atomic E-state index is 10.5. The van der Waals surface area contributed by atoms with Crippen molar-refractivity contribution in [3.05, 3.63) is 53.4 Å². The van der Waals surface area contributed by atoms with Gasteiger partial charge in [-0.2, -0.15) is 0 Å². The van der Waals surface area contributed by atoms with Crippen molar-refractivity contribution in [3.8, 4) is 0 Å². The summed E-state index contributed by atoms with van der Waals surface area (Å²) in [6.07, 6.45) is 4.75. The molecule has 0 radical (unpaired) electrons. The molecule has 1 aromatic carbocycles. The van der Waals surface area contributed by atoms with E-state index in [0.29, 0.717) is 5.15 Å². The van der Waals surface area contributed by atoms with E-state index in [1.54, 1.807) is 6.20 Å². The van der Waals surface area contributed by atoms with Crippen molar-refractivity contribution in [2.75, 3.05) is 18.0 Å². The molecule has 110 valence electrons. The Bertz CT molecular complexity index is 585. The molecule has 0 amide bonds. The lowest BCUT2D eigenvalue weighted by Gasteiger charge is -2.34. The van der Waals surface area contributed by atoms with Crippen molar-refractivity contribution in [2.24, 2.45) is 5.92 Å². The third-order valence-electron chi connectivity index (χ3n) is 4.04. The van der Waals surface area contributed by atoms with Gasteiger partial charge in [-0.25, -0.2) is 4.98 Å². The van der Waals surface area contributed by atoms with Crippen LogP contribution in [0.15, 0.2) is 42.7 Å². The molecular formula is C16H18ClN3O. The van der Waals surface area contributed by atoms with Crippen LogP contribution in [0.2, 0.25) is 5.15 Å². The zero-order chi connectivity index (χ0) is 14.7. The van der Waals surface area contributed by atoms with Crippen LogP contribution in [-0.2, 0) is 0 Å².